The van der Waals surface area contributed by atoms with Gasteiger partial charge in [-0.05, 0) is 18.4 Å². The van der Waals surface area contributed by atoms with Crippen LogP contribution < -0.4 is 0 Å². The number of hydrogen-bond acceptors (Lipinski definition) is 3. The van der Waals surface area contributed by atoms with E-state index in [9.17, 15) is 10.1 Å². The second-order valence-electron chi connectivity index (χ2n) is 3.12. The molecule has 0 aliphatic carbocycles. The van der Waals surface area contributed by atoms with Gasteiger partial charge in [-0.1, -0.05) is 24.3 Å². The highest BCUT2D eigenvalue weighted by Gasteiger charge is 2.04. The predicted molar refractivity (Wildman–Crippen MR) is 57.6 cm³/mol. The first-order chi connectivity index (χ1) is 7.24. The van der Waals surface area contributed by atoms with Gasteiger partial charge in [0.05, 0.1) is 11.5 Å². The Labute approximate surface area is 88.0 Å². The number of allylic oxidation sites excluding steroid dienone is 1. The lowest BCUT2D eigenvalue weighted by Gasteiger charge is -1.97. The van der Waals surface area contributed by atoms with Gasteiger partial charge < -0.3 is 5.11 Å². The van der Waals surface area contributed by atoms with E-state index in [0.29, 0.717) is 0 Å². The van der Waals surface area contributed by atoms with Crippen LogP contribution in [0.25, 0.3) is 0 Å². The van der Waals surface area contributed by atoms with Gasteiger partial charge in [-0.25, -0.2) is 0 Å². The molecular formula is C11H13NO3. The van der Waals surface area contributed by atoms with Gasteiger partial charge in [0.25, 0.3) is 5.69 Å². The molecule has 0 fully saturated rings. The van der Waals surface area contributed by atoms with E-state index in [0.717, 1.165) is 18.4 Å². The van der Waals surface area contributed by atoms with E-state index in [4.69, 9.17) is 5.11 Å². The van der Waals surface area contributed by atoms with E-state index in [1.165, 1.54) is 6.07 Å². The number of aryl methyl sites for hydroxylation is 1. The van der Waals surface area contributed by atoms with Gasteiger partial charge in [0, 0.05) is 12.1 Å². The fourth-order valence-electron chi connectivity index (χ4n) is 1.27. The first kappa shape index (κ1) is 11.4. The number of rotatable bonds is 5. The summed E-state index contributed by atoms with van der Waals surface area (Å²) in [6.07, 6.45) is 5.05. The van der Waals surface area contributed by atoms with Crippen molar-refractivity contribution in [2.24, 2.45) is 0 Å². The van der Waals surface area contributed by atoms with Crippen LogP contribution in [0.3, 0.4) is 0 Å². The number of nitro benzene ring substituents is 1. The molecule has 15 heavy (non-hydrogen) atoms. The van der Waals surface area contributed by atoms with Gasteiger partial charge in [0.15, 0.2) is 0 Å². The van der Waals surface area contributed by atoms with Gasteiger partial charge in [-0.3, -0.25) is 10.1 Å². The molecule has 0 unspecified atom stereocenters. The van der Waals surface area contributed by atoms with Crippen molar-refractivity contribution >= 4 is 5.69 Å². The number of benzene rings is 1. The number of non-ortho nitro benzene ring substituents is 1. The highest BCUT2D eigenvalue weighted by molar-refractivity contribution is 5.34. The predicted octanol–water partition coefficient (Wildman–Crippen LogP) is 2.08. The van der Waals surface area contributed by atoms with Crippen LogP contribution in [0.15, 0.2) is 36.4 Å². The molecule has 0 amide bonds. The summed E-state index contributed by atoms with van der Waals surface area (Å²) in [6, 6.07) is 6.60. The van der Waals surface area contributed by atoms with Crippen LogP contribution in [-0.2, 0) is 6.42 Å². The Morgan fingerprint density at radius 1 is 1.40 bits per heavy atom. The number of aliphatic hydroxyl groups excluding tert-OH is 1. The third-order valence-electron chi connectivity index (χ3n) is 1.99. The quantitative estimate of drug-likeness (QED) is 0.456. The van der Waals surface area contributed by atoms with Crippen molar-refractivity contribution in [3.63, 3.8) is 0 Å². The van der Waals surface area contributed by atoms with Gasteiger partial charge in [0.1, 0.15) is 0 Å². The minimum absolute atomic E-state index is 0.0366. The van der Waals surface area contributed by atoms with Gasteiger partial charge in [0.2, 0.25) is 0 Å². The molecule has 0 aliphatic rings. The Hall–Kier alpha value is -1.68. The van der Waals surface area contributed by atoms with Crippen molar-refractivity contribution in [3.05, 3.63) is 52.1 Å². The molecular weight excluding hydrogens is 194 g/mol. The molecule has 80 valence electrons. The minimum atomic E-state index is -0.396. The first-order valence-corrected chi connectivity index (χ1v) is 4.73. The molecule has 0 aromatic heterocycles. The van der Waals surface area contributed by atoms with Gasteiger partial charge in [-0.2, -0.15) is 0 Å². The van der Waals surface area contributed by atoms with E-state index in [-0.39, 0.29) is 12.3 Å². The monoisotopic (exact) mass is 207 g/mol. The lowest BCUT2D eigenvalue weighted by Crippen LogP contribution is -1.90. The molecule has 0 heterocycles. The van der Waals surface area contributed by atoms with Crippen LogP contribution in [0, 0.1) is 10.1 Å². The Morgan fingerprint density at radius 2 is 2.20 bits per heavy atom. The normalized spacial score (nSPS) is 10.7. The van der Waals surface area contributed by atoms with E-state index in [2.05, 4.69) is 0 Å². The summed E-state index contributed by atoms with van der Waals surface area (Å²) in [5, 5.41) is 19.0. The van der Waals surface area contributed by atoms with E-state index in [1.807, 2.05) is 12.1 Å². The fourth-order valence-corrected chi connectivity index (χ4v) is 1.27. The van der Waals surface area contributed by atoms with Crippen LogP contribution >= 0.6 is 0 Å². The molecule has 0 bridgehead atoms. The summed E-state index contributed by atoms with van der Waals surface area (Å²) >= 11 is 0. The van der Waals surface area contributed by atoms with E-state index in [1.54, 1.807) is 18.2 Å². The van der Waals surface area contributed by atoms with Crippen molar-refractivity contribution in [2.45, 2.75) is 12.8 Å². The highest BCUT2D eigenvalue weighted by Crippen LogP contribution is 2.14. The Morgan fingerprint density at radius 3 is 2.87 bits per heavy atom. The largest absolute Gasteiger partial charge is 0.392 e. The summed E-state index contributed by atoms with van der Waals surface area (Å²) in [5.74, 6) is 0. The Balaban J connectivity index is 2.58. The summed E-state index contributed by atoms with van der Waals surface area (Å²) < 4.78 is 0. The molecule has 0 aliphatic heterocycles. The second-order valence-corrected chi connectivity index (χ2v) is 3.12. The van der Waals surface area contributed by atoms with Crippen LogP contribution in [-0.4, -0.2) is 16.6 Å². The molecule has 0 saturated heterocycles. The standard InChI is InChI=1S/C11H13NO3/c13-8-3-1-2-5-10-6-4-7-11(9-10)12(14)15/h1,3-4,6-7,9,13H,2,5,8H2. The molecule has 0 radical (unpaired) electrons. The third kappa shape index (κ3) is 3.91. The summed E-state index contributed by atoms with van der Waals surface area (Å²) in [5.41, 5.74) is 1.06. The fraction of sp³-hybridized carbons (Fsp3) is 0.273. The topological polar surface area (TPSA) is 63.4 Å². The summed E-state index contributed by atoms with van der Waals surface area (Å²) in [7, 11) is 0. The second kappa shape index (κ2) is 5.93. The zero-order valence-electron chi connectivity index (χ0n) is 8.30. The van der Waals surface area contributed by atoms with Gasteiger partial charge >= 0.3 is 0 Å². The molecule has 4 heteroatoms. The number of nitro groups is 1. The van der Waals surface area contributed by atoms with Crippen molar-refractivity contribution in [2.75, 3.05) is 6.61 Å². The molecule has 0 spiro atoms. The Kier molecular flexibility index (Phi) is 4.50. The molecule has 1 aromatic rings. The maximum atomic E-state index is 10.5. The molecule has 4 nitrogen and oxygen atoms in total. The maximum absolute atomic E-state index is 10.5. The van der Waals surface area contributed by atoms with E-state index < -0.39 is 4.92 Å². The van der Waals surface area contributed by atoms with Crippen molar-refractivity contribution < 1.29 is 10.0 Å². The van der Waals surface area contributed by atoms with Crippen molar-refractivity contribution in [1.82, 2.24) is 0 Å². The van der Waals surface area contributed by atoms with Crippen LogP contribution in [0.1, 0.15) is 12.0 Å². The van der Waals surface area contributed by atoms with Crippen molar-refractivity contribution in [1.29, 1.82) is 0 Å². The molecule has 0 atom stereocenters. The van der Waals surface area contributed by atoms with E-state index >= 15 is 0 Å². The third-order valence-corrected chi connectivity index (χ3v) is 1.99. The highest BCUT2D eigenvalue weighted by atomic mass is 16.6. The first-order valence-electron chi connectivity index (χ1n) is 4.73. The molecule has 1 rings (SSSR count). The van der Waals surface area contributed by atoms with Crippen LogP contribution in [0.2, 0.25) is 0 Å². The smallest absolute Gasteiger partial charge is 0.269 e. The molecule has 0 saturated carbocycles. The van der Waals surface area contributed by atoms with Gasteiger partial charge in [-0.15, -0.1) is 0 Å². The zero-order chi connectivity index (χ0) is 11.1. The lowest BCUT2D eigenvalue weighted by molar-refractivity contribution is -0.384. The van der Waals surface area contributed by atoms with Crippen LogP contribution in [0.4, 0.5) is 5.69 Å². The number of nitrogens with zero attached hydrogens (tertiary/aromatic N) is 1. The summed E-state index contributed by atoms with van der Waals surface area (Å²) in [6.45, 7) is 0.0366. The molecule has 1 aromatic carbocycles. The number of aliphatic hydroxyl groups is 1. The lowest BCUT2D eigenvalue weighted by atomic mass is 10.1. The SMILES string of the molecule is O=[N+]([O-])c1cccc(CCC=CCO)c1. The zero-order valence-corrected chi connectivity index (χ0v) is 8.30. The van der Waals surface area contributed by atoms with Crippen molar-refractivity contribution in [3.8, 4) is 0 Å². The average molecular weight is 207 g/mol. The van der Waals surface area contributed by atoms with Crippen LogP contribution in [0.5, 0.6) is 0 Å². The molecule has 1 N–H and O–H groups in total. The average Bonchev–Trinajstić information content (AvgIpc) is 2.25. The number of hydrogen-bond donors (Lipinski definition) is 1. The summed E-state index contributed by atoms with van der Waals surface area (Å²) in [4.78, 5) is 10.1. The minimum Gasteiger partial charge on any atom is -0.392 e. The maximum Gasteiger partial charge on any atom is 0.269 e. The Bertz CT molecular complexity index is 361.